The van der Waals surface area contributed by atoms with Gasteiger partial charge in [0.05, 0.1) is 11.3 Å². The molecule has 7 heteroatoms. The van der Waals surface area contributed by atoms with Crippen molar-refractivity contribution in [2.24, 2.45) is 0 Å². The van der Waals surface area contributed by atoms with Gasteiger partial charge in [-0.25, -0.2) is 9.78 Å². The Morgan fingerprint density at radius 2 is 2.38 bits per heavy atom. The van der Waals surface area contributed by atoms with E-state index in [-0.39, 0.29) is 5.56 Å². The number of nitrogens with zero attached hydrogens (tertiary/aromatic N) is 3. The van der Waals surface area contributed by atoms with E-state index < -0.39 is 5.97 Å². The molecule has 0 unspecified atom stereocenters. The first-order chi connectivity index (χ1) is 7.77. The molecule has 0 radical (unpaired) electrons. The number of hydrogen-bond acceptors (Lipinski definition) is 6. The fraction of sp³-hybridized carbons (Fsp3) is 0.111. The maximum Gasteiger partial charge on any atom is 0.338 e. The number of thioether (sulfide) groups is 1. The van der Waals surface area contributed by atoms with Crippen LogP contribution in [0.1, 0.15) is 16.2 Å². The summed E-state index contributed by atoms with van der Waals surface area (Å²) in [5.41, 5.74) is 0.173. The van der Waals surface area contributed by atoms with Crippen LogP contribution in [0.2, 0.25) is 0 Å². The van der Waals surface area contributed by atoms with Crippen LogP contribution in [0.3, 0.4) is 0 Å². The van der Waals surface area contributed by atoms with Gasteiger partial charge in [-0.1, -0.05) is 16.9 Å². The van der Waals surface area contributed by atoms with Crippen molar-refractivity contribution in [3.63, 3.8) is 0 Å². The standard InChI is InChI=1S/C9H7N3O3S/c13-9(14)6-2-1-3-10-8(6)16-4-7-11-5-12-15-7/h1-3,5H,4H2,(H,13,14). The summed E-state index contributed by atoms with van der Waals surface area (Å²) in [5.74, 6) is -0.162. The lowest BCUT2D eigenvalue weighted by atomic mass is 10.3. The van der Waals surface area contributed by atoms with Crippen molar-refractivity contribution in [1.29, 1.82) is 0 Å². The molecule has 0 bridgehead atoms. The van der Waals surface area contributed by atoms with Crippen molar-refractivity contribution in [3.05, 3.63) is 36.1 Å². The zero-order chi connectivity index (χ0) is 11.4. The molecule has 1 N–H and O–H groups in total. The summed E-state index contributed by atoms with van der Waals surface area (Å²) in [4.78, 5) is 18.7. The number of carbonyl (C=O) groups is 1. The average Bonchev–Trinajstić information content (AvgIpc) is 2.79. The molecule has 2 aromatic heterocycles. The van der Waals surface area contributed by atoms with Gasteiger partial charge in [0.1, 0.15) is 5.03 Å². The maximum absolute atomic E-state index is 10.9. The lowest BCUT2D eigenvalue weighted by Crippen LogP contribution is -2.00. The molecule has 0 aliphatic heterocycles. The van der Waals surface area contributed by atoms with E-state index in [0.29, 0.717) is 16.7 Å². The molecule has 0 saturated carbocycles. The Morgan fingerprint density at radius 3 is 3.06 bits per heavy atom. The molecule has 16 heavy (non-hydrogen) atoms. The van der Waals surface area contributed by atoms with Gasteiger partial charge in [0, 0.05) is 6.20 Å². The van der Waals surface area contributed by atoms with E-state index in [9.17, 15) is 4.79 Å². The molecule has 0 spiro atoms. The molecular formula is C9H7N3O3S. The van der Waals surface area contributed by atoms with Crippen molar-refractivity contribution in [1.82, 2.24) is 15.1 Å². The highest BCUT2D eigenvalue weighted by molar-refractivity contribution is 7.98. The Balaban J connectivity index is 2.12. The fourth-order valence-corrected chi connectivity index (χ4v) is 1.89. The summed E-state index contributed by atoms with van der Waals surface area (Å²) in [7, 11) is 0. The Hall–Kier alpha value is -1.89. The van der Waals surface area contributed by atoms with Gasteiger partial charge >= 0.3 is 5.97 Å². The molecule has 6 nitrogen and oxygen atoms in total. The Labute approximate surface area is 94.7 Å². The smallest absolute Gasteiger partial charge is 0.338 e. The first kappa shape index (κ1) is 10.6. The van der Waals surface area contributed by atoms with Crippen molar-refractivity contribution in [2.45, 2.75) is 10.8 Å². The van der Waals surface area contributed by atoms with E-state index in [1.54, 1.807) is 12.3 Å². The Bertz CT molecular complexity index is 487. The molecule has 0 fully saturated rings. The summed E-state index contributed by atoms with van der Waals surface area (Å²) in [6.07, 6.45) is 2.84. The van der Waals surface area contributed by atoms with Crippen LogP contribution >= 0.6 is 11.8 Å². The number of carboxylic acids is 1. The summed E-state index contributed by atoms with van der Waals surface area (Å²) in [6.45, 7) is 0. The minimum atomic E-state index is -0.999. The fourth-order valence-electron chi connectivity index (χ4n) is 1.06. The minimum absolute atomic E-state index is 0.173. The zero-order valence-electron chi connectivity index (χ0n) is 8.03. The molecule has 0 amide bonds. The summed E-state index contributed by atoms with van der Waals surface area (Å²) in [6, 6.07) is 3.09. The molecule has 0 atom stereocenters. The first-order valence-corrected chi connectivity index (χ1v) is 5.32. The Kier molecular flexibility index (Phi) is 3.16. The van der Waals surface area contributed by atoms with Gasteiger partial charge in [-0.3, -0.25) is 0 Å². The second kappa shape index (κ2) is 4.75. The number of pyridine rings is 1. The predicted molar refractivity (Wildman–Crippen MR) is 55.1 cm³/mol. The molecule has 2 aromatic rings. The summed E-state index contributed by atoms with van der Waals surface area (Å²) in [5, 5.41) is 12.8. The lowest BCUT2D eigenvalue weighted by Gasteiger charge is -2.01. The minimum Gasteiger partial charge on any atom is -0.478 e. The van der Waals surface area contributed by atoms with Crippen LogP contribution in [0.25, 0.3) is 0 Å². The van der Waals surface area contributed by atoms with Gasteiger partial charge in [-0.2, -0.15) is 4.98 Å². The van der Waals surface area contributed by atoms with Crippen LogP contribution in [0.5, 0.6) is 0 Å². The molecule has 2 heterocycles. The van der Waals surface area contributed by atoms with Crippen LogP contribution in [0.15, 0.2) is 34.2 Å². The van der Waals surface area contributed by atoms with E-state index in [4.69, 9.17) is 9.63 Å². The molecular weight excluding hydrogens is 230 g/mol. The van der Waals surface area contributed by atoms with Crippen LogP contribution in [0, 0.1) is 0 Å². The largest absolute Gasteiger partial charge is 0.478 e. The third kappa shape index (κ3) is 2.37. The topological polar surface area (TPSA) is 89.1 Å². The maximum atomic E-state index is 10.9. The number of rotatable bonds is 4. The van der Waals surface area contributed by atoms with Gasteiger partial charge in [0.15, 0.2) is 6.33 Å². The van der Waals surface area contributed by atoms with Gasteiger partial charge in [0.25, 0.3) is 0 Å². The average molecular weight is 237 g/mol. The normalized spacial score (nSPS) is 10.2. The monoisotopic (exact) mass is 237 g/mol. The van der Waals surface area contributed by atoms with Crippen molar-refractivity contribution in [2.75, 3.05) is 0 Å². The van der Waals surface area contributed by atoms with Crippen LogP contribution < -0.4 is 0 Å². The van der Waals surface area contributed by atoms with E-state index >= 15 is 0 Å². The molecule has 0 aliphatic rings. The van der Waals surface area contributed by atoms with Gasteiger partial charge in [-0.05, 0) is 12.1 Å². The van der Waals surface area contributed by atoms with Crippen molar-refractivity contribution < 1.29 is 14.4 Å². The second-order valence-corrected chi connectivity index (χ2v) is 3.75. The van der Waals surface area contributed by atoms with Crippen LogP contribution in [0.4, 0.5) is 0 Å². The summed E-state index contributed by atoms with van der Waals surface area (Å²) >= 11 is 1.24. The van der Waals surface area contributed by atoms with Crippen LogP contribution in [-0.2, 0) is 5.75 Å². The quantitative estimate of drug-likeness (QED) is 0.805. The second-order valence-electron chi connectivity index (χ2n) is 2.78. The zero-order valence-corrected chi connectivity index (χ0v) is 8.85. The van der Waals surface area contributed by atoms with E-state index in [1.165, 1.54) is 24.2 Å². The first-order valence-electron chi connectivity index (χ1n) is 4.34. The van der Waals surface area contributed by atoms with E-state index in [0.717, 1.165) is 0 Å². The van der Waals surface area contributed by atoms with Crippen molar-refractivity contribution in [3.8, 4) is 0 Å². The molecule has 0 aromatic carbocycles. The van der Waals surface area contributed by atoms with Gasteiger partial charge in [-0.15, -0.1) is 0 Å². The SMILES string of the molecule is O=C(O)c1cccnc1SCc1ncno1. The van der Waals surface area contributed by atoms with E-state index in [1.807, 2.05) is 0 Å². The number of aromatic nitrogens is 3. The lowest BCUT2D eigenvalue weighted by molar-refractivity contribution is 0.0692. The molecule has 0 aliphatic carbocycles. The highest BCUT2D eigenvalue weighted by Crippen LogP contribution is 2.23. The summed E-state index contributed by atoms with van der Waals surface area (Å²) < 4.78 is 4.80. The van der Waals surface area contributed by atoms with Crippen molar-refractivity contribution >= 4 is 17.7 Å². The number of hydrogen-bond donors (Lipinski definition) is 1. The molecule has 82 valence electrons. The van der Waals surface area contributed by atoms with Crippen LogP contribution in [-0.4, -0.2) is 26.2 Å². The predicted octanol–water partition coefficient (Wildman–Crippen LogP) is 1.46. The number of carboxylic acid groups (broad SMARTS) is 1. The van der Waals surface area contributed by atoms with Gasteiger partial charge < -0.3 is 9.63 Å². The third-order valence-electron chi connectivity index (χ3n) is 1.74. The van der Waals surface area contributed by atoms with E-state index in [2.05, 4.69) is 15.1 Å². The van der Waals surface area contributed by atoms with Gasteiger partial charge in [0.2, 0.25) is 5.89 Å². The number of aromatic carboxylic acids is 1. The highest BCUT2D eigenvalue weighted by Gasteiger charge is 2.12. The highest BCUT2D eigenvalue weighted by atomic mass is 32.2. The third-order valence-corrected chi connectivity index (χ3v) is 2.73. The Morgan fingerprint density at radius 1 is 1.50 bits per heavy atom. The molecule has 2 rings (SSSR count). The molecule has 0 saturated heterocycles.